The molecule has 1 aromatic carbocycles. The van der Waals surface area contributed by atoms with Crippen LogP contribution in [0.15, 0.2) is 18.2 Å². The minimum atomic E-state index is -0.465. The van der Waals surface area contributed by atoms with Crippen LogP contribution in [0.4, 0.5) is 9.18 Å². The zero-order valence-electron chi connectivity index (χ0n) is 8.79. The van der Waals surface area contributed by atoms with Crippen LogP contribution in [0.2, 0.25) is 0 Å². The molecule has 0 radical (unpaired) electrons. The molecular weight excluding hydrogens is 211 g/mol. The Kier molecular flexibility index (Phi) is 2.60. The summed E-state index contributed by atoms with van der Waals surface area (Å²) in [5, 5.41) is 2.15. The maximum atomic E-state index is 13.5. The van der Waals surface area contributed by atoms with Crippen molar-refractivity contribution in [2.24, 2.45) is 0 Å². The van der Waals surface area contributed by atoms with Crippen LogP contribution in [0.1, 0.15) is 11.1 Å². The number of carbonyl (C=O) groups is 2. The van der Waals surface area contributed by atoms with E-state index in [0.29, 0.717) is 5.56 Å². The Bertz CT molecular complexity index is 439. The molecule has 0 spiro atoms. The van der Waals surface area contributed by atoms with Crippen LogP contribution < -0.4 is 5.32 Å². The molecule has 1 aromatic rings. The summed E-state index contributed by atoms with van der Waals surface area (Å²) in [6.45, 7) is 1.89. The second-order valence-corrected chi connectivity index (χ2v) is 3.74. The topological polar surface area (TPSA) is 49.4 Å². The number of hydrogen-bond donors (Lipinski definition) is 1. The highest BCUT2D eigenvalue weighted by Gasteiger charge is 2.27. The van der Waals surface area contributed by atoms with Crippen LogP contribution in [-0.4, -0.2) is 23.4 Å². The van der Waals surface area contributed by atoms with Crippen LogP contribution in [0.3, 0.4) is 0 Å². The summed E-state index contributed by atoms with van der Waals surface area (Å²) < 4.78 is 13.5. The number of carbonyl (C=O) groups excluding carboxylic acids is 2. The van der Waals surface area contributed by atoms with Gasteiger partial charge in [-0.3, -0.25) is 10.1 Å². The fraction of sp³-hybridized carbons (Fsp3) is 0.273. The molecule has 5 heteroatoms. The van der Waals surface area contributed by atoms with Crippen molar-refractivity contribution < 1.29 is 14.0 Å². The maximum absolute atomic E-state index is 13.5. The van der Waals surface area contributed by atoms with Crippen molar-refractivity contribution in [2.45, 2.75) is 13.5 Å². The molecule has 0 bridgehead atoms. The first-order chi connectivity index (χ1) is 7.58. The van der Waals surface area contributed by atoms with Crippen molar-refractivity contribution in [3.8, 4) is 0 Å². The van der Waals surface area contributed by atoms with Crippen molar-refractivity contribution in [1.29, 1.82) is 0 Å². The van der Waals surface area contributed by atoms with E-state index in [0.717, 1.165) is 5.56 Å². The van der Waals surface area contributed by atoms with Crippen LogP contribution >= 0.6 is 0 Å². The van der Waals surface area contributed by atoms with Crippen LogP contribution in [0.25, 0.3) is 0 Å². The Balaban J connectivity index is 2.21. The van der Waals surface area contributed by atoms with Crippen molar-refractivity contribution in [2.75, 3.05) is 6.54 Å². The van der Waals surface area contributed by atoms with Crippen LogP contribution in [0.5, 0.6) is 0 Å². The fourth-order valence-corrected chi connectivity index (χ4v) is 1.67. The first kappa shape index (κ1) is 10.6. The van der Waals surface area contributed by atoms with E-state index >= 15 is 0 Å². The maximum Gasteiger partial charge on any atom is 0.324 e. The molecule has 1 aliphatic heterocycles. The number of rotatable bonds is 2. The number of benzene rings is 1. The van der Waals surface area contributed by atoms with E-state index in [1.807, 2.05) is 0 Å². The Labute approximate surface area is 92.0 Å². The number of nitrogens with one attached hydrogen (secondary N) is 1. The lowest BCUT2D eigenvalue weighted by Gasteiger charge is -2.15. The molecule has 4 nitrogen and oxygen atoms in total. The third-order valence-corrected chi connectivity index (χ3v) is 2.57. The van der Waals surface area contributed by atoms with Gasteiger partial charge in [0.1, 0.15) is 12.4 Å². The molecule has 2 rings (SSSR count). The number of hydrogen-bond acceptors (Lipinski definition) is 2. The quantitative estimate of drug-likeness (QED) is 0.764. The molecule has 16 heavy (non-hydrogen) atoms. The van der Waals surface area contributed by atoms with E-state index in [4.69, 9.17) is 0 Å². The van der Waals surface area contributed by atoms with E-state index in [1.165, 1.54) is 11.0 Å². The number of aryl methyl sites for hydroxylation is 1. The molecule has 3 amide bonds. The van der Waals surface area contributed by atoms with Gasteiger partial charge in [0.15, 0.2) is 0 Å². The molecule has 0 unspecified atom stereocenters. The van der Waals surface area contributed by atoms with Gasteiger partial charge in [-0.1, -0.05) is 12.1 Å². The second-order valence-electron chi connectivity index (χ2n) is 3.74. The van der Waals surface area contributed by atoms with Crippen molar-refractivity contribution in [3.63, 3.8) is 0 Å². The van der Waals surface area contributed by atoms with E-state index in [1.54, 1.807) is 19.1 Å². The van der Waals surface area contributed by atoms with Gasteiger partial charge in [0.25, 0.3) is 0 Å². The first-order valence-corrected chi connectivity index (χ1v) is 4.90. The van der Waals surface area contributed by atoms with Gasteiger partial charge in [-0.2, -0.15) is 0 Å². The van der Waals surface area contributed by atoms with E-state index in [9.17, 15) is 14.0 Å². The normalized spacial score (nSPS) is 15.5. The average molecular weight is 222 g/mol. The number of nitrogens with zero attached hydrogens (tertiary/aromatic N) is 1. The highest BCUT2D eigenvalue weighted by Crippen LogP contribution is 2.16. The van der Waals surface area contributed by atoms with Crippen LogP contribution in [-0.2, 0) is 11.3 Å². The zero-order valence-corrected chi connectivity index (χ0v) is 8.79. The first-order valence-electron chi connectivity index (χ1n) is 4.90. The summed E-state index contributed by atoms with van der Waals surface area (Å²) in [6.07, 6.45) is 0. The summed E-state index contributed by atoms with van der Waals surface area (Å²) in [6, 6.07) is 4.27. The predicted octanol–water partition coefficient (Wildman–Crippen LogP) is 1.19. The average Bonchev–Trinajstić information content (AvgIpc) is 2.51. The van der Waals surface area contributed by atoms with Gasteiger partial charge in [-0.15, -0.1) is 0 Å². The molecule has 84 valence electrons. The highest BCUT2D eigenvalue weighted by molar-refractivity contribution is 6.01. The standard InChI is InChI=1S/C11H11FN2O2/c1-7-3-2-4-9(12)8(7)5-14-6-10(15)13-11(14)16/h2-4H,5-6H2,1H3,(H,13,15,16). The van der Waals surface area contributed by atoms with Crippen molar-refractivity contribution in [1.82, 2.24) is 10.2 Å². The van der Waals surface area contributed by atoms with Gasteiger partial charge in [0.05, 0.1) is 6.54 Å². The van der Waals surface area contributed by atoms with E-state index in [2.05, 4.69) is 5.32 Å². The smallest absolute Gasteiger partial charge is 0.311 e. The summed E-state index contributed by atoms with van der Waals surface area (Å²) in [4.78, 5) is 23.5. The Hall–Kier alpha value is -1.91. The lowest BCUT2D eigenvalue weighted by atomic mass is 10.1. The molecule has 1 heterocycles. The number of amides is 3. The van der Waals surface area contributed by atoms with Crippen molar-refractivity contribution in [3.05, 3.63) is 35.1 Å². The Morgan fingerprint density at radius 2 is 2.19 bits per heavy atom. The molecule has 0 aromatic heterocycles. The third kappa shape index (κ3) is 1.88. The van der Waals surface area contributed by atoms with Gasteiger partial charge in [-0.25, -0.2) is 9.18 Å². The minimum absolute atomic E-state index is 0.00733. The summed E-state index contributed by atoms with van der Waals surface area (Å²) in [5.41, 5.74) is 1.22. The molecule has 1 fully saturated rings. The van der Waals surface area contributed by atoms with Gasteiger partial charge in [0, 0.05) is 5.56 Å². The summed E-state index contributed by atoms with van der Waals surface area (Å²) >= 11 is 0. The zero-order chi connectivity index (χ0) is 11.7. The Morgan fingerprint density at radius 3 is 2.75 bits per heavy atom. The molecule has 1 aliphatic rings. The highest BCUT2D eigenvalue weighted by atomic mass is 19.1. The molecular formula is C11H11FN2O2. The lowest BCUT2D eigenvalue weighted by Crippen LogP contribution is -2.28. The molecule has 0 atom stereocenters. The number of urea groups is 1. The molecule has 0 saturated carbocycles. The van der Waals surface area contributed by atoms with E-state index < -0.39 is 6.03 Å². The largest absolute Gasteiger partial charge is 0.324 e. The van der Waals surface area contributed by atoms with Gasteiger partial charge < -0.3 is 4.90 Å². The van der Waals surface area contributed by atoms with Crippen molar-refractivity contribution >= 4 is 11.9 Å². The lowest BCUT2D eigenvalue weighted by molar-refractivity contribution is -0.118. The third-order valence-electron chi connectivity index (χ3n) is 2.57. The molecule has 1 N–H and O–H groups in total. The summed E-state index contributed by atoms with van der Waals surface area (Å²) in [7, 11) is 0. The minimum Gasteiger partial charge on any atom is -0.311 e. The Morgan fingerprint density at radius 1 is 1.44 bits per heavy atom. The number of imide groups is 1. The predicted molar refractivity (Wildman–Crippen MR) is 55.1 cm³/mol. The number of halogens is 1. The second kappa shape index (κ2) is 3.92. The molecule has 1 saturated heterocycles. The SMILES string of the molecule is Cc1cccc(F)c1CN1CC(=O)NC1=O. The monoisotopic (exact) mass is 222 g/mol. The summed E-state index contributed by atoms with van der Waals surface area (Å²) in [5.74, 6) is -0.703. The van der Waals surface area contributed by atoms with Gasteiger partial charge in [-0.05, 0) is 18.6 Å². The fourth-order valence-electron chi connectivity index (χ4n) is 1.67. The van der Waals surface area contributed by atoms with Gasteiger partial charge >= 0.3 is 6.03 Å². The van der Waals surface area contributed by atoms with Crippen LogP contribution in [0, 0.1) is 12.7 Å². The van der Waals surface area contributed by atoms with Gasteiger partial charge in [0.2, 0.25) is 5.91 Å². The molecule has 0 aliphatic carbocycles. The van der Waals surface area contributed by atoms with E-state index in [-0.39, 0.29) is 24.8 Å².